The summed E-state index contributed by atoms with van der Waals surface area (Å²) in [5, 5.41) is 15.1. The number of fused-ring (bicyclic) bond motifs is 1. The van der Waals surface area contributed by atoms with E-state index < -0.39 is 0 Å². The lowest BCUT2D eigenvalue weighted by molar-refractivity contribution is 0.0964. The van der Waals surface area contributed by atoms with Crippen molar-refractivity contribution in [1.82, 2.24) is 24.9 Å². The van der Waals surface area contributed by atoms with Crippen molar-refractivity contribution in [2.45, 2.75) is 25.8 Å². The highest BCUT2D eigenvalue weighted by Crippen LogP contribution is 2.32. The fourth-order valence-electron chi connectivity index (χ4n) is 4.29. The Kier molecular flexibility index (Phi) is 5.26. The predicted octanol–water partition coefficient (Wildman–Crippen LogP) is 4.42. The van der Waals surface area contributed by atoms with Crippen molar-refractivity contribution in [3.05, 3.63) is 83.7 Å². The van der Waals surface area contributed by atoms with Gasteiger partial charge in [-0.3, -0.25) is 14.8 Å². The quantitative estimate of drug-likeness (QED) is 0.491. The van der Waals surface area contributed by atoms with Gasteiger partial charge in [0.15, 0.2) is 5.78 Å². The lowest BCUT2D eigenvalue weighted by atomic mass is 9.87. The highest BCUT2D eigenvalue weighted by Gasteiger charge is 2.27. The summed E-state index contributed by atoms with van der Waals surface area (Å²) in [6.45, 7) is 1.93. The van der Waals surface area contributed by atoms with Gasteiger partial charge in [-0.05, 0) is 31.0 Å². The molecule has 0 spiro atoms. The SMILES string of the molecule is Cc1c(-c2cnn(C)c2)nn(-c2ccccc2)c1NC(=O)NC1CCC(=O)c2ccccc21. The van der Waals surface area contributed by atoms with E-state index >= 15 is 0 Å². The summed E-state index contributed by atoms with van der Waals surface area (Å²) >= 11 is 0. The van der Waals surface area contributed by atoms with Gasteiger partial charge in [0.1, 0.15) is 11.5 Å². The minimum Gasteiger partial charge on any atom is -0.331 e. The molecule has 1 aliphatic rings. The number of aryl methyl sites for hydroxylation is 1. The Balaban J connectivity index is 1.47. The third-order valence-electron chi connectivity index (χ3n) is 5.94. The molecule has 33 heavy (non-hydrogen) atoms. The molecule has 1 unspecified atom stereocenters. The molecule has 2 heterocycles. The molecule has 0 saturated heterocycles. The van der Waals surface area contributed by atoms with Crippen molar-refractivity contribution in [3.8, 4) is 16.9 Å². The topological polar surface area (TPSA) is 93.8 Å². The molecule has 2 amide bonds. The maximum absolute atomic E-state index is 13.1. The number of ketones is 1. The molecule has 8 heteroatoms. The second-order valence-corrected chi connectivity index (χ2v) is 8.17. The van der Waals surface area contributed by atoms with Crippen LogP contribution < -0.4 is 10.6 Å². The van der Waals surface area contributed by atoms with Crippen LogP contribution in [0.4, 0.5) is 10.6 Å². The van der Waals surface area contributed by atoms with Crippen LogP contribution in [-0.4, -0.2) is 31.4 Å². The zero-order valence-corrected chi connectivity index (χ0v) is 18.4. The molecule has 4 aromatic rings. The number of carbonyl (C=O) groups excluding carboxylic acids is 2. The summed E-state index contributed by atoms with van der Waals surface area (Å²) in [6.07, 6.45) is 4.63. The van der Waals surface area contributed by atoms with Crippen molar-refractivity contribution >= 4 is 17.6 Å². The van der Waals surface area contributed by atoms with Crippen molar-refractivity contribution in [3.63, 3.8) is 0 Å². The monoisotopic (exact) mass is 440 g/mol. The van der Waals surface area contributed by atoms with Gasteiger partial charge in [0.2, 0.25) is 0 Å². The third-order valence-corrected chi connectivity index (χ3v) is 5.94. The second kappa shape index (κ2) is 8.38. The molecule has 5 rings (SSSR count). The number of benzene rings is 2. The number of hydrogen-bond donors (Lipinski definition) is 2. The van der Waals surface area contributed by atoms with E-state index in [-0.39, 0.29) is 17.9 Å². The Hall–Kier alpha value is -4.20. The van der Waals surface area contributed by atoms with Gasteiger partial charge in [0.25, 0.3) is 0 Å². The van der Waals surface area contributed by atoms with E-state index in [1.54, 1.807) is 15.6 Å². The lowest BCUT2D eigenvalue weighted by Crippen LogP contribution is -2.36. The van der Waals surface area contributed by atoms with Gasteiger partial charge in [0.05, 0.1) is 17.9 Å². The van der Waals surface area contributed by atoms with Gasteiger partial charge >= 0.3 is 6.03 Å². The van der Waals surface area contributed by atoms with Crippen LogP contribution in [0.2, 0.25) is 0 Å². The summed E-state index contributed by atoms with van der Waals surface area (Å²) in [5.41, 5.74) is 4.82. The molecule has 2 N–H and O–H groups in total. The summed E-state index contributed by atoms with van der Waals surface area (Å²) in [7, 11) is 1.85. The molecular formula is C25H24N6O2. The summed E-state index contributed by atoms with van der Waals surface area (Å²) in [4.78, 5) is 25.3. The van der Waals surface area contributed by atoms with Crippen LogP contribution in [0.5, 0.6) is 0 Å². The standard InChI is InChI=1S/C25H24N6O2/c1-16-23(17-14-26-30(2)15-17)29-31(18-8-4-3-5-9-18)24(16)28-25(33)27-21-12-13-22(32)20-11-7-6-10-19(20)21/h3-11,14-15,21H,12-13H2,1-2H3,(H2,27,28,33). The first kappa shape index (κ1) is 20.7. The Labute approximate surface area is 191 Å². The van der Waals surface area contributed by atoms with Crippen LogP contribution in [0, 0.1) is 6.92 Å². The number of carbonyl (C=O) groups is 2. The number of rotatable bonds is 4. The Morgan fingerprint density at radius 2 is 1.85 bits per heavy atom. The number of anilines is 1. The molecule has 2 aromatic heterocycles. The van der Waals surface area contributed by atoms with Crippen LogP contribution in [0.25, 0.3) is 16.9 Å². The summed E-state index contributed by atoms with van der Waals surface area (Å²) in [6, 6.07) is 16.5. The minimum absolute atomic E-state index is 0.114. The molecule has 0 saturated carbocycles. The van der Waals surface area contributed by atoms with Gasteiger partial charge in [-0.1, -0.05) is 42.5 Å². The van der Waals surface area contributed by atoms with E-state index in [0.29, 0.717) is 24.2 Å². The van der Waals surface area contributed by atoms with Gasteiger partial charge in [0, 0.05) is 36.4 Å². The summed E-state index contributed by atoms with van der Waals surface area (Å²) in [5.74, 6) is 0.695. The summed E-state index contributed by atoms with van der Waals surface area (Å²) < 4.78 is 3.45. The fourth-order valence-corrected chi connectivity index (χ4v) is 4.29. The van der Waals surface area contributed by atoms with E-state index in [4.69, 9.17) is 5.10 Å². The van der Waals surface area contributed by atoms with E-state index in [1.165, 1.54) is 0 Å². The fraction of sp³-hybridized carbons (Fsp3) is 0.200. The highest BCUT2D eigenvalue weighted by atomic mass is 16.2. The van der Waals surface area contributed by atoms with Crippen molar-refractivity contribution < 1.29 is 9.59 Å². The van der Waals surface area contributed by atoms with Gasteiger partial charge in [-0.25, -0.2) is 9.48 Å². The Morgan fingerprint density at radius 3 is 2.61 bits per heavy atom. The van der Waals surface area contributed by atoms with E-state index in [2.05, 4.69) is 15.7 Å². The number of Topliss-reactive ketones (excluding diaryl/α,β-unsaturated/α-hetero) is 1. The zero-order chi connectivity index (χ0) is 22.9. The lowest BCUT2D eigenvalue weighted by Gasteiger charge is -2.25. The number of para-hydroxylation sites is 1. The molecule has 2 aromatic carbocycles. The Bertz CT molecular complexity index is 1340. The number of urea groups is 1. The molecule has 0 fully saturated rings. The maximum Gasteiger partial charge on any atom is 0.320 e. The van der Waals surface area contributed by atoms with Crippen molar-refractivity contribution in [2.24, 2.45) is 7.05 Å². The largest absolute Gasteiger partial charge is 0.331 e. The molecule has 166 valence electrons. The van der Waals surface area contributed by atoms with Gasteiger partial charge in [-0.15, -0.1) is 0 Å². The van der Waals surface area contributed by atoms with E-state index in [1.807, 2.05) is 74.8 Å². The van der Waals surface area contributed by atoms with Crippen LogP contribution in [0.3, 0.4) is 0 Å². The highest BCUT2D eigenvalue weighted by molar-refractivity contribution is 5.99. The molecule has 0 bridgehead atoms. The van der Waals surface area contributed by atoms with E-state index in [0.717, 1.165) is 28.1 Å². The number of nitrogens with zero attached hydrogens (tertiary/aromatic N) is 4. The molecule has 0 radical (unpaired) electrons. The normalized spacial score (nSPS) is 15.2. The molecule has 8 nitrogen and oxygen atoms in total. The number of nitrogens with one attached hydrogen (secondary N) is 2. The van der Waals surface area contributed by atoms with Crippen LogP contribution in [-0.2, 0) is 7.05 Å². The number of hydrogen-bond acceptors (Lipinski definition) is 4. The first-order valence-electron chi connectivity index (χ1n) is 10.8. The third kappa shape index (κ3) is 3.91. The van der Waals surface area contributed by atoms with Crippen molar-refractivity contribution in [2.75, 3.05) is 5.32 Å². The number of aromatic nitrogens is 4. The smallest absolute Gasteiger partial charge is 0.320 e. The van der Waals surface area contributed by atoms with Gasteiger partial charge in [-0.2, -0.15) is 10.2 Å². The zero-order valence-electron chi connectivity index (χ0n) is 18.4. The minimum atomic E-state index is -0.345. The van der Waals surface area contributed by atoms with Crippen molar-refractivity contribution in [1.29, 1.82) is 0 Å². The maximum atomic E-state index is 13.1. The van der Waals surface area contributed by atoms with E-state index in [9.17, 15) is 9.59 Å². The molecule has 1 atom stereocenters. The van der Waals surface area contributed by atoms with Crippen LogP contribution in [0.15, 0.2) is 67.0 Å². The Morgan fingerprint density at radius 1 is 1.09 bits per heavy atom. The van der Waals surface area contributed by atoms with Crippen LogP contribution >= 0.6 is 0 Å². The second-order valence-electron chi connectivity index (χ2n) is 8.17. The predicted molar refractivity (Wildman–Crippen MR) is 125 cm³/mol. The first-order valence-corrected chi connectivity index (χ1v) is 10.8. The first-order chi connectivity index (χ1) is 16.0. The average molecular weight is 441 g/mol. The molecule has 0 aliphatic heterocycles. The number of amides is 2. The van der Waals surface area contributed by atoms with Gasteiger partial charge < -0.3 is 5.32 Å². The molecular weight excluding hydrogens is 416 g/mol. The van der Waals surface area contributed by atoms with Crippen LogP contribution in [0.1, 0.15) is 40.4 Å². The molecule has 1 aliphatic carbocycles. The average Bonchev–Trinajstić information content (AvgIpc) is 3.40.